The highest BCUT2D eigenvalue weighted by molar-refractivity contribution is 5.75. The summed E-state index contributed by atoms with van der Waals surface area (Å²) < 4.78 is 9.94. The number of methoxy groups -OCH3 is 1. The van der Waals surface area contributed by atoms with Gasteiger partial charge in [0, 0.05) is 7.11 Å². The van der Waals surface area contributed by atoms with E-state index in [9.17, 15) is 4.79 Å². The van der Waals surface area contributed by atoms with Gasteiger partial charge in [0.2, 0.25) is 0 Å². The van der Waals surface area contributed by atoms with Crippen LogP contribution in [0.3, 0.4) is 0 Å². The molecule has 3 atom stereocenters. The SMILES string of the molecule is CCC(C)[C@H](N)C(=O)OC(C)COC. The average Bonchev–Trinajstić information content (AvgIpc) is 2.15. The van der Waals surface area contributed by atoms with Crippen molar-refractivity contribution in [2.45, 2.75) is 39.3 Å². The number of carbonyl (C=O) groups excluding carboxylic acids is 1. The van der Waals surface area contributed by atoms with E-state index in [2.05, 4.69) is 0 Å². The Morgan fingerprint density at radius 1 is 1.43 bits per heavy atom. The number of hydrogen-bond donors (Lipinski definition) is 1. The molecule has 0 aliphatic rings. The van der Waals surface area contributed by atoms with Crippen LogP contribution in [0.2, 0.25) is 0 Å². The van der Waals surface area contributed by atoms with E-state index < -0.39 is 6.04 Å². The van der Waals surface area contributed by atoms with Crippen molar-refractivity contribution in [2.24, 2.45) is 11.7 Å². The highest BCUT2D eigenvalue weighted by Gasteiger charge is 2.22. The number of rotatable bonds is 6. The van der Waals surface area contributed by atoms with Gasteiger partial charge in [-0.3, -0.25) is 4.79 Å². The van der Waals surface area contributed by atoms with Crippen molar-refractivity contribution < 1.29 is 14.3 Å². The Bertz CT molecular complexity index is 173. The van der Waals surface area contributed by atoms with Crippen molar-refractivity contribution in [3.05, 3.63) is 0 Å². The molecule has 0 saturated heterocycles. The Balaban J connectivity index is 3.94. The molecular formula is C10H21NO3. The van der Waals surface area contributed by atoms with E-state index in [1.807, 2.05) is 13.8 Å². The molecule has 4 heteroatoms. The van der Waals surface area contributed by atoms with Gasteiger partial charge in [-0.1, -0.05) is 20.3 Å². The first-order valence-electron chi connectivity index (χ1n) is 4.97. The van der Waals surface area contributed by atoms with Crippen LogP contribution in [0.5, 0.6) is 0 Å². The Morgan fingerprint density at radius 2 is 2.00 bits per heavy atom. The first kappa shape index (κ1) is 13.4. The molecule has 4 nitrogen and oxygen atoms in total. The molecule has 0 aromatic rings. The fraction of sp³-hybridized carbons (Fsp3) is 0.900. The van der Waals surface area contributed by atoms with Crippen molar-refractivity contribution in [1.29, 1.82) is 0 Å². The molecule has 0 rings (SSSR count). The number of carbonyl (C=O) groups is 1. The molecule has 0 fully saturated rings. The van der Waals surface area contributed by atoms with E-state index in [0.29, 0.717) is 6.61 Å². The molecule has 2 unspecified atom stereocenters. The largest absolute Gasteiger partial charge is 0.459 e. The third-order valence-electron chi connectivity index (χ3n) is 2.25. The lowest BCUT2D eigenvalue weighted by Gasteiger charge is -2.19. The standard InChI is InChI=1S/C10H21NO3/c1-5-7(2)9(11)10(12)14-8(3)6-13-4/h7-9H,5-6,11H2,1-4H3/t7?,8?,9-/m0/s1. The van der Waals surface area contributed by atoms with Crippen molar-refractivity contribution >= 4 is 5.97 Å². The summed E-state index contributed by atoms with van der Waals surface area (Å²) in [6.45, 7) is 6.12. The van der Waals surface area contributed by atoms with Crippen LogP contribution < -0.4 is 5.73 Å². The van der Waals surface area contributed by atoms with E-state index in [1.165, 1.54) is 0 Å². The van der Waals surface area contributed by atoms with Gasteiger partial charge in [-0.2, -0.15) is 0 Å². The molecule has 0 bridgehead atoms. The Hall–Kier alpha value is -0.610. The zero-order valence-electron chi connectivity index (χ0n) is 9.45. The predicted octanol–water partition coefficient (Wildman–Crippen LogP) is 0.938. The maximum absolute atomic E-state index is 11.4. The summed E-state index contributed by atoms with van der Waals surface area (Å²) in [6.07, 6.45) is 0.636. The van der Waals surface area contributed by atoms with E-state index in [1.54, 1.807) is 14.0 Å². The lowest BCUT2D eigenvalue weighted by molar-refractivity contribution is -0.153. The molecule has 84 valence electrons. The molecule has 2 N–H and O–H groups in total. The fourth-order valence-electron chi connectivity index (χ4n) is 1.03. The minimum absolute atomic E-state index is 0.150. The second-order valence-electron chi connectivity index (χ2n) is 3.61. The smallest absolute Gasteiger partial charge is 0.323 e. The lowest BCUT2D eigenvalue weighted by atomic mass is 10.0. The summed E-state index contributed by atoms with van der Waals surface area (Å²) in [4.78, 5) is 11.4. The second kappa shape index (κ2) is 6.79. The number of nitrogens with two attached hydrogens (primary N) is 1. The summed E-state index contributed by atoms with van der Waals surface area (Å²) in [5, 5.41) is 0. The summed E-state index contributed by atoms with van der Waals surface area (Å²) in [6, 6.07) is -0.528. The summed E-state index contributed by atoms with van der Waals surface area (Å²) in [7, 11) is 1.57. The van der Waals surface area contributed by atoms with Crippen molar-refractivity contribution in [1.82, 2.24) is 0 Å². The zero-order valence-corrected chi connectivity index (χ0v) is 9.45. The highest BCUT2D eigenvalue weighted by atomic mass is 16.6. The molecule has 0 saturated carbocycles. The quantitative estimate of drug-likeness (QED) is 0.652. The molecule has 14 heavy (non-hydrogen) atoms. The Morgan fingerprint density at radius 3 is 2.43 bits per heavy atom. The molecule has 0 amide bonds. The molecule has 0 aromatic heterocycles. The molecule has 0 aliphatic heterocycles. The third-order valence-corrected chi connectivity index (χ3v) is 2.25. The highest BCUT2D eigenvalue weighted by Crippen LogP contribution is 2.07. The Kier molecular flexibility index (Phi) is 6.49. The minimum Gasteiger partial charge on any atom is -0.459 e. The van der Waals surface area contributed by atoms with Crippen LogP contribution in [0.25, 0.3) is 0 Å². The van der Waals surface area contributed by atoms with Gasteiger partial charge in [-0.05, 0) is 12.8 Å². The number of esters is 1. The average molecular weight is 203 g/mol. The topological polar surface area (TPSA) is 61.6 Å². The minimum atomic E-state index is -0.528. The van der Waals surface area contributed by atoms with Crippen molar-refractivity contribution in [3.63, 3.8) is 0 Å². The third kappa shape index (κ3) is 4.58. The van der Waals surface area contributed by atoms with Crippen molar-refractivity contribution in [3.8, 4) is 0 Å². The van der Waals surface area contributed by atoms with Crippen LogP contribution in [0, 0.1) is 5.92 Å². The van der Waals surface area contributed by atoms with Crippen LogP contribution in [-0.2, 0) is 14.3 Å². The second-order valence-corrected chi connectivity index (χ2v) is 3.61. The van der Waals surface area contributed by atoms with Crippen molar-refractivity contribution in [2.75, 3.05) is 13.7 Å². The van der Waals surface area contributed by atoms with Gasteiger partial charge in [0.1, 0.15) is 12.1 Å². The van der Waals surface area contributed by atoms with Crippen LogP contribution in [0.4, 0.5) is 0 Å². The monoisotopic (exact) mass is 203 g/mol. The molecule has 0 aromatic carbocycles. The summed E-state index contributed by atoms with van der Waals surface area (Å²) >= 11 is 0. The molecule has 0 aliphatic carbocycles. The number of hydrogen-bond acceptors (Lipinski definition) is 4. The normalized spacial score (nSPS) is 17.2. The van der Waals surface area contributed by atoms with E-state index in [0.717, 1.165) is 6.42 Å². The fourth-order valence-corrected chi connectivity index (χ4v) is 1.03. The molecule has 0 heterocycles. The van der Waals surface area contributed by atoms with Gasteiger partial charge in [0.25, 0.3) is 0 Å². The van der Waals surface area contributed by atoms with E-state index in [-0.39, 0.29) is 18.0 Å². The van der Waals surface area contributed by atoms with Gasteiger partial charge >= 0.3 is 5.97 Å². The maximum atomic E-state index is 11.4. The van der Waals surface area contributed by atoms with E-state index >= 15 is 0 Å². The Labute approximate surface area is 85.8 Å². The van der Waals surface area contributed by atoms with Gasteiger partial charge in [-0.25, -0.2) is 0 Å². The van der Waals surface area contributed by atoms with Gasteiger partial charge in [0.15, 0.2) is 0 Å². The van der Waals surface area contributed by atoms with Crippen LogP contribution in [0.1, 0.15) is 27.2 Å². The van der Waals surface area contributed by atoms with Gasteiger partial charge in [-0.15, -0.1) is 0 Å². The van der Waals surface area contributed by atoms with E-state index in [4.69, 9.17) is 15.2 Å². The first-order chi connectivity index (χ1) is 6.52. The van der Waals surface area contributed by atoms with Gasteiger partial charge < -0.3 is 15.2 Å². The van der Waals surface area contributed by atoms with Crippen LogP contribution in [-0.4, -0.2) is 31.8 Å². The van der Waals surface area contributed by atoms with Crippen LogP contribution >= 0.6 is 0 Å². The lowest BCUT2D eigenvalue weighted by Crippen LogP contribution is -2.40. The first-order valence-corrected chi connectivity index (χ1v) is 4.97. The summed E-state index contributed by atoms with van der Waals surface area (Å²) in [5.74, 6) is -0.193. The van der Waals surface area contributed by atoms with Gasteiger partial charge in [0.05, 0.1) is 6.61 Å². The number of ether oxygens (including phenoxy) is 2. The summed E-state index contributed by atoms with van der Waals surface area (Å²) in [5.41, 5.74) is 5.70. The van der Waals surface area contributed by atoms with Crippen LogP contribution in [0.15, 0.2) is 0 Å². The molecular weight excluding hydrogens is 182 g/mol. The molecule has 0 radical (unpaired) electrons. The maximum Gasteiger partial charge on any atom is 0.323 e. The molecule has 0 spiro atoms. The predicted molar refractivity (Wildman–Crippen MR) is 54.9 cm³/mol. The zero-order chi connectivity index (χ0) is 11.1.